The number of thioether (sulfide) groups is 1. The lowest BCUT2D eigenvalue weighted by molar-refractivity contribution is 0.326. The number of aliphatic imine (C=N–C) groups is 1. The van der Waals surface area contributed by atoms with Crippen molar-refractivity contribution in [3.63, 3.8) is 0 Å². The van der Waals surface area contributed by atoms with Gasteiger partial charge in [0.1, 0.15) is 0 Å². The first kappa shape index (κ1) is 12.6. The summed E-state index contributed by atoms with van der Waals surface area (Å²) in [5.74, 6) is 5.07. The van der Waals surface area contributed by atoms with E-state index in [0.29, 0.717) is 11.4 Å². The van der Waals surface area contributed by atoms with Crippen LogP contribution in [0.1, 0.15) is 38.5 Å². The van der Waals surface area contributed by atoms with Crippen molar-refractivity contribution in [2.24, 2.45) is 28.0 Å². The normalized spacial score (nSPS) is 31.1. The SMILES string of the molecule is NC(=NCC1CCC1)NCC1CC12CCSCC2. The van der Waals surface area contributed by atoms with Crippen LogP contribution in [0.25, 0.3) is 0 Å². The Bertz CT molecular complexity index is 319. The molecule has 0 bridgehead atoms. The molecule has 3 N–H and O–H groups in total. The number of hydrogen-bond donors (Lipinski definition) is 2. The Labute approximate surface area is 114 Å². The van der Waals surface area contributed by atoms with E-state index in [1.165, 1.54) is 50.0 Å². The fraction of sp³-hybridized carbons (Fsp3) is 0.929. The van der Waals surface area contributed by atoms with Gasteiger partial charge < -0.3 is 11.1 Å². The fourth-order valence-corrected chi connectivity index (χ4v) is 4.60. The highest BCUT2D eigenvalue weighted by Gasteiger charge is 2.53. The monoisotopic (exact) mass is 267 g/mol. The molecule has 1 heterocycles. The first-order chi connectivity index (χ1) is 8.78. The molecular weight excluding hydrogens is 242 g/mol. The number of hydrogen-bond acceptors (Lipinski definition) is 2. The van der Waals surface area contributed by atoms with Crippen LogP contribution >= 0.6 is 11.8 Å². The van der Waals surface area contributed by atoms with Gasteiger partial charge in [-0.2, -0.15) is 11.8 Å². The standard InChI is InChI=1S/C14H25N3S/c15-13(16-9-11-2-1-3-11)17-10-12-8-14(12)4-6-18-7-5-14/h11-12H,1-10H2,(H3,15,16,17). The van der Waals surface area contributed by atoms with Gasteiger partial charge in [0.25, 0.3) is 0 Å². The van der Waals surface area contributed by atoms with Crippen molar-refractivity contribution in [3.8, 4) is 0 Å². The summed E-state index contributed by atoms with van der Waals surface area (Å²) in [5, 5.41) is 3.34. The minimum atomic E-state index is 0.675. The highest BCUT2D eigenvalue weighted by molar-refractivity contribution is 7.99. The Balaban J connectivity index is 1.36. The largest absolute Gasteiger partial charge is 0.370 e. The highest BCUT2D eigenvalue weighted by atomic mass is 32.2. The lowest BCUT2D eigenvalue weighted by atomic mass is 9.86. The molecule has 2 aliphatic carbocycles. The highest BCUT2D eigenvalue weighted by Crippen LogP contribution is 2.60. The molecule has 1 unspecified atom stereocenters. The molecular formula is C14H25N3S. The van der Waals surface area contributed by atoms with E-state index in [-0.39, 0.29) is 0 Å². The molecule has 0 aromatic carbocycles. The molecule has 1 saturated heterocycles. The molecule has 18 heavy (non-hydrogen) atoms. The number of rotatable bonds is 4. The van der Waals surface area contributed by atoms with Gasteiger partial charge in [-0.15, -0.1) is 0 Å². The zero-order valence-electron chi connectivity index (χ0n) is 11.2. The third-order valence-electron chi connectivity index (χ3n) is 5.12. The summed E-state index contributed by atoms with van der Waals surface area (Å²) in [6, 6.07) is 0. The molecule has 3 fully saturated rings. The Morgan fingerprint density at radius 2 is 2.11 bits per heavy atom. The Morgan fingerprint density at radius 3 is 2.78 bits per heavy atom. The number of nitrogens with one attached hydrogen (secondary N) is 1. The summed E-state index contributed by atoms with van der Waals surface area (Å²) >= 11 is 2.12. The van der Waals surface area contributed by atoms with E-state index in [1.54, 1.807) is 0 Å². The maximum Gasteiger partial charge on any atom is 0.188 e. The molecule has 3 nitrogen and oxygen atoms in total. The quantitative estimate of drug-likeness (QED) is 0.606. The summed E-state index contributed by atoms with van der Waals surface area (Å²) in [4.78, 5) is 4.46. The third kappa shape index (κ3) is 2.79. The van der Waals surface area contributed by atoms with Crippen LogP contribution in [-0.2, 0) is 0 Å². The molecule has 0 aromatic heterocycles. The van der Waals surface area contributed by atoms with E-state index < -0.39 is 0 Å². The molecule has 3 rings (SSSR count). The van der Waals surface area contributed by atoms with Crippen molar-refractivity contribution in [1.82, 2.24) is 5.32 Å². The van der Waals surface area contributed by atoms with Gasteiger partial charge in [0, 0.05) is 13.1 Å². The Kier molecular flexibility index (Phi) is 3.73. The lowest BCUT2D eigenvalue weighted by Crippen LogP contribution is -2.35. The molecule has 0 radical (unpaired) electrons. The number of nitrogens with zero attached hydrogens (tertiary/aromatic N) is 1. The summed E-state index contributed by atoms with van der Waals surface area (Å²) in [6.45, 7) is 1.98. The number of guanidine groups is 1. The van der Waals surface area contributed by atoms with Gasteiger partial charge >= 0.3 is 0 Å². The van der Waals surface area contributed by atoms with Gasteiger partial charge in [-0.05, 0) is 60.9 Å². The molecule has 4 heteroatoms. The van der Waals surface area contributed by atoms with E-state index in [9.17, 15) is 0 Å². The molecule has 1 atom stereocenters. The molecule has 1 spiro atoms. The molecule has 0 aromatic rings. The predicted octanol–water partition coefficient (Wildman–Crippen LogP) is 2.22. The second-order valence-corrected chi connectivity index (χ2v) is 7.50. The third-order valence-corrected chi connectivity index (χ3v) is 6.11. The van der Waals surface area contributed by atoms with Crippen molar-refractivity contribution in [2.75, 3.05) is 24.6 Å². The fourth-order valence-electron chi connectivity index (χ4n) is 3.30. The molecule has 1 aliphatic heterocycles. The average molecular weight is 267 g/mol. The van der Waals surface area contributed by atoms with Gasteiger partial charge in [-0.25, -0.2) is 0 Å². The average Bonchev–Trinajstić information content (AvgIpc) is 2.98. The van der Waals surface area contributed by atoms with Crippen molar-refractivity contribution >= 4 is 17.7 Å². The van der Waals surface area contributed by atoms with E-state index in [4.69, 9.17) is 5.73 Å². The van der Waals surface area contributed by atoms with Crippen LogP contribution < -0.4 is 11.1 Å². The van der Waals surface area contributed by atoms with Gasteiger partial charge in [0.2, 0.25) is 0 Å². The second-order valence-electron chi connectivity index (χ2n) is 6.28. The van der Waals surface area contributed by atoms with Crippen molar-refractivity contribution in [1.29, 1.82) is 0 Å². The maximum absolute atomic E-state index is 5.93. The molecule has 0 amide bonds. The molecule has 102 valence electrons. The van der Waals surface area contributed by atoms with E-state index >= 15 is 0 Å². The Hall–Kier alpha value is -0.380. The minimum absolute atomic E-state index is 0.675. The summed E-state index contributed by atoms with van der Waals surface area (Å²) < 4.78 is 0. The second kappa shape index (κ2) is 5.32. The van der Waals surface area contributed by atoms with Gasteiger partial charge in [-0.3, -0.25) is 4.99 Å². The number of nitrogens with two attached hydrogens (primary N) is 1. The van der Waals surface area contributed by atoms with Gasteiger partial charge in [0.15, 0.2) is 5.96 Å². The maximum atomic E-state index is 5.93. The minimum Gasteiger partial charge on any atom is -0.370 e. The van der Waals surface area contributed by atoms with Crippen molar-refractivity contribution in [2.45, 2.75) is 38.5 Å². The van der Waals surface area contributed by atoms with Crippen molar-refractivity contribution < 1.29 is 0 Å². The van der Waals surface area contributed by atoms with Crippen LogP contribution in [0.15, 0.2) is 4.99 Å². The van der Waals surface area contributed by atoms with Crippen LogP contribution in [0.2, 0.25) is 0 Å². The van der Waals surface area contributed by atoms with Crippen LogP contribution in [0.4, 0.5) is 0 Å². The molecule has 2 saturated carbocycles. The smallest absolute Gasteiger partial charge is 0.188 e. The van der Waals surface area contributed by atoms with Gasteiger partial charge in [0.05, 0.1) is 0 Å². The van der Waals surface area contributed by atoms with E-state index in [0.717, 1.165) is 24.9 Å². The zero-order valence-corrected chi connectivity index (χ0v) is 12.0. The first-order valence-corrected chi connectivity index (χ1v) is 8.55. The van der Waals surface area contributed by atoms with E-state index in [2.05, 4.69) is 22.1 Å². The summed E-state index contributed by atoms with van der Waals surface area (Å²) in [6.07, 6.45) is 8.33. The van der Waals surface area contributed by atoms with Crippen LogP contribution in [-0.4, -0.2) is 30.6 Å². The van der Waals surface area contributed by atoms with Crippen LogP contribution in [0, 0.1) is 17.3 Å². The lowest BCUT2D eigenvalue weighted by Gasteiger charge is -2.23. The first-order valence-electron chi connectivity index (χ1n) is 7.40. The predicted molar refractivity (Wildman–Crippen MR) is 78.9 cm³/mol. The molecule has 3 aliphatic rings. The topological polar surface area (TPSA) is 50.4 Å². The summed E-state index contributed by atoms with van der Waals surface area (Å²) in [5.41, 5.74) is 6.62. The zero-order chi connectivity index (χ0) is 12.4. The van der Waals surface area contributed by atoms with Crippen LogP contribution in [0.3, 0.4) is 0 Å². The van der Waals surface area contributed by atoms with Gasteiger partial charge in [-0.1, -0.05) is 6.42 Å². The van der Waals surface area contributed by atoms with Crippen LogP contribution in [0.5, 0.6) is 0 Å². The van der Waals surface area contributed by atoms with E-state index in [1.807, 2.05) is 0 Å². The van der Waals surface area contributed by atoms with Crippen molar-refractivity contribution in [3.05, 3.63) is 0 Å². The Morgan fingerprint density at radius 1 is 1.33 bits per heavy atom. The summed E-state index contributed by atoms with van der Waals surface area (Å²) in [7, 11) is 0.